The minimum absolute atomic E-state index is 0.0132. The number of hydrogen-bond acceptors (Lipinski definition) is 14. The van der Waals surface area contributed by atoms with Gasteiger partial charge in [-0.1, -0.05) is 0 Å². The third-order valence-corrected chi connectivity index (χ3v) is 5.23. The number of carbonyl (C=O) groups excluding carboxylic acids is 4. The Bertz CT molecular complexity index is 1280. The monoisotopic (exact) mass is 538 g/mol. The average Bonchev–Trinajstić information content (AvgIpc) is 2.82. The van der Waals surface area contributed by atoms with Crippen molar-refractivity contribution in [3.05, 3.63) is 28.6 Å². The molecule has 1 fully saturated rings. The summed E-state index contributed by atoms with van der Waals surface area (Å²) in [4.78, 5) is 59.9. The Hall–Kier alpha value is -4.33. The van der Waals surface area contributed by atoms with Crippen molar-refractivity contribution in [2.24, 2.45) is 0 Å². The summed E-state index contributed by atoms with van der Waals surface area (Å²) in [6, 6.07) is 4.28. The molecule has 0 aliphatic carbocycles. The molecule has 1 aromatic carbocycles. The van der Waals surface area contributed by atoms with Gasteiger partial charge < -0.3 is 42.7 Å². The van der Waals surface area contributed by atoms with Crippen LogP contribution in [0.15, 0.2) is 27.4 Å². The van der Waals surface area contributed by atoms with Gasteiger partial charge in [0.1, 0.15) is 24.0 Å². The van der Waals surface area contributed by atoms with E-state index in [1.54, 1.807) is 0 Å². The second-order valence-corrected chi connectivity index (χ2v) is 8.11. The van der Waals surface area contributed by atoms with Crippen molar-refractivity contribution in [2.75, 3.05) is 13.7 Å². The molecule has 0 spiro atoms. The fourth-order valence-electron chi connectivity index (χ4n) is 3.78. The third-order valence-electron chi connectivity index (χ3n) is 5.23. The van der Waals surface area contributed by atoms with E-state index in [-0.39, 0.29) is 11.0 Å². The smallest absolute Gasteiger partial charge is 0.383 e. The summed E-state index contributed by atoms with van der Waals surface area (Å²) in [7, 11) is 1.40. The zero-order valence-corrected chi connectivity index (χ0v) is 21.1. The van der Waals surface area contributed by atoms with Crippen molar-refractivity contribution in [1.29, 1.82) is 0 Å². The molecule has 14 heteroatoms. The molecule has 0 bridgehead atoms. The molecule has 206 valence electrons. The van der Waals surface area contributed by atoms with Gasteiger partial charge in [-0.2, -0.15) is 0 Å². The van der Waals surface area contributed by atoms with Crippen LogP contribution in [0.3, 0.4) is 0 Å². The van der Waals surface area contributed by atoms with Gasteiger partial charge in [-0.05, 0) is 12.1 Å². The van der Waals surface area contributed by atoms with E-state index >= 15 is 0 Å². The minimum atomic E-state index is -1.74. The Kier molecular flexibility index (Phi) is 8.78. The predicted octanol–water partition coefficient (Wildman–Crippen LogP) is 0.969. The van der Waals surface area contributed by atoms with E-state index in [4.69, 9.17) is 37.6 Å². The lowest BCUT2D eigenvalue weighted by atomic mass is 9.98. The maximum atomic E-state index is 12.7. The molecule has 1 aliphatic rings. The first-order valence-electron chi connectivity index (χ1n) is 11.2. The molecule has 0 radical (unpaired) electrons. The fraction of sp³-hybridized carbons (Fsp3) is 0.458. The molecule has 2 heterocycles. The first-order valence-corrected chi connectivity index (χ1v) is 11.2. The zero-order valence-electron chi connectivity index (χ0n) is 21.1. The zero-order chi connectivity index (χ0) is 28.1. The molecule has 2 aromatic rings. The lowest BCUT2D eigenvalue weighted by Crippen LogP contribution is -2.63. The van der Waals surface area contributed by atoms with Crippen molar-refractivity contribution in [3.63, 3.8) is 0 Å². The van der Waals surface area contributed by atoms with E-state index in [2.05, 4.69) is 0 Å². The van der Waals surface area contributed by atoms with Crippen LogP contribution in [0.4, 0.5) is 0 Å². The van der Waals surface area contributed by atoms with Gasteiger partial charge in [0.05, 0.1) is 12.5 Å². The van der Waals surface area contributed by atoms with Gasteiger partial charge in [0.15, 0.2) is 18.0 Å². The predicted molar refractivity (Wildman–Crippen MR) is 123 cm³/mol. The maximum absolute atomic E-state index is 12.7. The SMILES string of the molecule is COc1ccc2c(O)c(O[C@@H]3O[C@H](COC(C)=O)[C@H](OC(C)=O)[C@H](OC(C)=O)[C@H]3OC(C)=O)c(=O)oc2c1. The van der Waals surface area contributed by atoms with Crippen LogP contribution in [0.1, 0.15) is 27.7 Å². The lowest BCUT2D eigenvalue weighted by Gasteiger charge is -2.43. The van der Waals surface area contributed by atoms with Crippen molar-refractivity contribution < 1.29 is 61.9 Å². The number of esters is 4. The Morgan fingerprint density at radius 2 is 1.50 bits per heavy atom. The highest BCUT2D eigenvalue weighted by molar-refractivity contribution is 5.86. The van der Waals surface area contributed by atoms with E-state index in [9.17, 15) is 29.1 Å². The Balaban J connectivity index is 2.09. The number of rotatable bonds is 8. The molecule has 14 nitrogen and oxygen atoms in total. The quantitative estimate of drug-likeness (QED) is 0.285. The average molecular weight is 538 g/mol. The topological polar surface area (TPSA) is 183 Å². The van der Waals surface area contributed by atoms with Crippen molar-refractivity contribution in [1.82, 2.24) is 0 Å². The van der Waals surface area contributed by atoms with Gasteiger partial charge >= 0.3 is 29.5 Å². The Morgan fingerprint density at radius 1 is 0.895 bits per heavy atom. The Morgan fingerprint density at radius 3 is 2.08 bits per heavy atom. The second kappa shape index (κ2) is 11.8. The highest BCUT2D eigenvalue weighted by atomic mass is 16.7. The van der Waals surface area contributed by atoms with Gasteiger partial charge in [0.2, 0.25) is 12.4 Å². The van der Waals surface area contributed by atoms with Crippen LogP contribution in [0.25, 0.3) is 11.0 Å². The molecular weight excluding hydrogens is 512 g/mol. The highest BCUT2D eigenvalue weighted by Crippen LogP contribution is 2.36. The van der Waals surface area contributed by atoms with Crippen molar-refractivity contribution >= 4 is 34.8 Å². The van der Waals surface area contributed by atoms with Gasteiger partial charge in [0, 0.05) is 33.8 Å². The Labute approximate surface area is 215 Å². The molecule has 1 aromatic heterocycles. The molecule has 5 atom stereocenters. The van der Waals surface area contributed by atoms with Crippen LogP contribution in [0, 0.1) is 0 Å². The molecule has 38 heavy (non-hydrogen) atoms. The summed E-state index contributed by atoms with van der Waals surface area (Å²) in [5.41, 5.74) is -1.14. The number of aromatic hydroxyl groups is 1. The summed E-state index contributed by atoms with van der Waals surface area (Å²) < 4.78 is 42.6. The van der Waals surface area contributed by atoms with Crippen LogP contribution < -0.4 is 15.1 Å². The second-order valence-electron chi connectivity index (χ2n) is 8.11. The van der Waals surface area contributed by atoms with Crippen molar-refractivity contribution in [2.45, 2.75) is 58.4 Å². The first-order chi connectivity index (χ1) is 17.9. The van der Waals surface area contributed by atoms with E-state index in [1.807, 2.05) is 0 Å². The molecule has 0 saturated carbocycles. The summed E-state index contributed by atoms with van der Waals surface area (Å²) >= 11 is 0. The van der Waals surface area contributed by atoms with Crippen LogP contribution in [-0.4, -0.2) is 73.4 Å². The van der Waals surface area contributed by atoms with Gasteiger partial charge in [-0.15, -0.1) is 0 Å². The van der Waals surface area contributed by atoms with E-state index in [1.165, 1.54) is 25.3 Å². The molecule has 3 rings (SSSR count). The van der Waals surface area contributed by atoms with E-state index < -0.39 is 78.3 Å². The molecule has 1 aliphatic heterocycles. The van der Waals surface area contributed by atoms with Crippen molar-refractivity contribution in [3.8, 4) is 17.2 Å². The molecule has 1 N–H and O–H groups in total. The molecular formula is C24H26O14. The highest BCUT2D eigenvalue weighted by Gasteiger charge is 2.53. The number of carbonyl (C=O) groups is 4. The number of methoxy groups -OCH3 is 1. The van der Waals surface area contributed by atoms with Crippen LogP contribution in [-0.2, 0) is 42.9 Å². The summed E-state index contributed by atoms with van der Waals surface area (Å²) in [6.45, 7) is 3.79. The van der Waals surface area contributed by atoms with E-state index in [0.29, 0.717) is 5.75 Å². The standard InChI is InChI=1S/C24H26O14/c1-10(25)32-9-17-19(33-11(2)26)21(34-12(3)27)22(35-13(4)28)24(37-17)38-20-18(29)15-7-6-14(31-5)8-16(15)36-23(20)30/h6-8,17,19,21-22,24,29H,9H2,1-5H3/t17-,19+,21+,22-,24+/m1/s1. The summed E-state index contributed by atoms with van der Waals surface area (Å²) in [6.07, 6.45) is -7.62. The largest absolute Gasteiger partial charge is 0.504 e. The number of hydrogen-bond donors (Lipinski definition) is 1. The lowest BCUT2D eigenvalue weighted by molar-refractivity contribution is -0.289. The normalized spacial score (nSPS) is 22.7. The molecule has 0 unspecified atom stereocenters. The van der Waals surface area contributed by atoms with E-state index in [0.717, 1.165) is 27.7 Å². The molecule has 1 saturated heterocycles. The van der Waals surface area contributed by atoms with Gasteiger partial charge in [-0.3, -0.25) is 19.2 Å². The third kappa shape index (κ3) is 6.51. The number of ether oxygens (including phenoxy) is 7. The number of benzene rings is 1. The van der Waals surface area contributed by atoms with Crippen LogP contribution in [0.5, 0.6) is 17.2 Å². The van der Waals surface area contributed by atoms with Crippen LogP contribution in [0.2, 0.25) is 0 Å². The fourth-order valence-corrected chi connectivity index (χ4v) is 3.78. The molecule has 0 amide bonds. The number of fused-ring (bicyclic) bond motifs is 1. The first kappa shape index (κ1) is 28.2. The summed E-state index contributed by atoms with van der Waals surface area (Å²) in [5.74, 6) is -4.23. The minimum Gasteiger partial charge on any atom is -0.504 e. The maximum Gasteiger partial charge on any atom is 0.383 e. The van der Waals surface area contributed by atoms with Gasteiger partial charge in [-0.25, -0.2) is 4.79 Å². The summed E-state index contributed by atoms with van der Waals surface area (Å²) in [5, 5.41) is 10.9. The van der Waals surface area contributed by atoms with Gasteiger partial charge in [0.25, 0.3) is 5.75 Å². The van der Waals surface area contributed by atoms with Crippen LogP contribution >= 0.6 is 0 Å².